The number of benzene rings is 2. The lowest BCUT2D eigenvalue weighted by Gasteiger charge is -2.23. The van der Waals surface area contributed by atoms with E-state index in [0.717, 1.165) is 11.6 Å². The Labute approximate surface area is 196 Å². The highest BCUT2D eigenvalue weighted by Crippen LogP contribution is 2.16. The minimum atomic E-state index is -1.28. The molecule has 1 fully saturated rings. The summed E-state index contributed by atoms with van der Waals surface area (Å²) in [4.78, 5) is 26.4. The van der Waals surface area contributed by atoms with Crippen LogP contribution in [-0.4, -0.2) is 54.1 Å². The van der Waals surface area contributed by atoms with Crippen molar-refractivity contribution in [3.05, 3.63) is 71.0 Å². The van der Waals surface area contributed by atoms with Crippen LogP contribution in [0.1, 0.15) is 17.5 Å². The maximum Gasteiger partial charge on any atom is 0.410 e. The van der Waals surface area contributed by atoms with E-state index in [4.69, 9.17) is 10.5 Å². The number of hydrazine groups is 1. The van der Waals surface area contributed by atoms with E-state index in [1.807, 2.05) is 30.3 Å². The molecule has 1 atom stereocenters. The SMILES string of the molecule is Cl.N[C@@H](CC(=O)N1CCN(C(=O)OCc2ccccc2)CCN1)Cc1cc(F)c(F)cc1F. The summed E-state index contributed by atoms with van der Waals surface area (Å²) in [6.45, 7) is 1.31. The largest absolute Gasteiger partial charge is 0.445 e. The Bertz CT molecular complexity index is 952. The lowest BCUT2D eigenvalue weighted by molar-refractivity contribution is -0.134. The summed E-state index contributed by atoms with van der Waals surface area (Å²) in [6.07, 6.45) is -0.736. The van der Waals surface area contributed by atoms with Gasteiger partial charge in [-0.3, -0.25) is 9.80 Å². The van der Waals surface area contributed by atoms with Crippen molar-refractivity contribution in [3.63, 3.8) is 0 Å². The second-order valence-electron chi connectivity index (χ2n) is 7.51. The zero-order chi connectivity index (χ0) is 23.1. The van der Waals surface area contributed by atoms with E-state index in [0.29, 0.717) is 19.2 Å². The van der Waals surface area contributed by atoms with Crippen LogP contribution < -0.4 is 11.2 Å². The second kappa shape index (κ2) is 12.4. The van der Waals surface area contributed by atoms with Gasteiger partial charge in [-0.2, -0.15) is 0 Å². The van der Waals surface area contributed by atoms with Gasteiger partial charge in [0.15, 0.2) is 11.6 Å². The molecule has 0 spiro atoms. The predicted octanol–water partition coefficient (Wildman–Crippen LogP) is 2.77. The number of nitrogens with one attached hydrogen (secondary N) is 1. The first-order valence-electron chi connectivity index (χ1n) is 10.2. The van der Waals surface area contributed by atoms with E-state index in [-0.39, 0.29) is 56.4 Å². The van der Waals surface area contributed by atoms with Crippen LogP contribution in [-0.2, 0) is 22.6 Å². The molecule has 0 radical (unpaired) electrons. The number of carbonyl (C=O) groups excluding carboxylic acids is 2. The fourth-order valence-electron chi connectivity index (χ4n) is 3.35. The summed E-state index contributed by atoms with van der Waals surface area (Å²) in [7, 11) is 0. The number of halogens is 4. The highest BCUT2D eigenvalue weighted by atomic mass is 35.5. The molecule has 2 amide bonds. The zero-order valence-electron chi connectivity index (χ0n) is 17.8. The summed E-state index contributed by atoms with van der Waals surface area (Å²) in [5.74, 6) is -3.71. The molecule has 33 heavy (non-hydrogen) atoms. The predicted molar refractivity (Wildman–Crippen MR) is 118 cm³/mol. The van der Waals surface area contributed by atoms with Crippen molar-refractivity contribution in [2.24, 2.45) is 5.73 Å². The van der Waals surface area contributed by atoms with Gasteiger partial charge in [0.2, 0.25) is 5.91 Å². The minimum Gasteiger partial charge on any atom is -0.445 e. The van der Waals surface area contributed by atoms with Crippen LogP contribution >= 0.6 is 12.4 Å². The van der Waals surface area contributed by atoms with E-state index in [1.54, 1.807) is 0 Å². The van der Waals surface area contributed by atoms with E-state index in [2.05, 4.69) is 5.43 Å². The number of hydrogen-bond donors (Lipinski definition) is 2. The third-order valence-corrected chi connectivity index (χ3v) is 5.05. The summed E-state index contributed by atoms with van der Waals surface area (Å²) in [5, 5.41) is 1.35. The van der Waals surface area contributed by atoms with Crippen molar-refractivity contribution in [2.75, 3.05) is 26.2 Å². The molecule has 3 N–H and O–H groups in total. The maximum atomic E-state index is 13.8. The Balaban J connectivity index is 0.00000385. The van der Waals surface area contributed by atoms with Crippen LogP contribution in [0.15, 0.2) is 42.5 Å². The van der Waals surface area contributed by atoms with Gasteiger partial charge in [-0.15, -0.1) is 12.4 Å². The van der Waals surface area contributed by atoms with E-state index >= 15 is 0 Å². The Hall–Kier alpha value is -2.82. The molecule has 2 aromatic carbocycles. The topological polar surface area (TPSA) is 87.9 Å². The molecule has 11 heteroatoms. The van der Waals surface area contributed by atoms with Gasteiger partial charge in [0, 0.05) is 38.2 Å². The van der Waals surface area contributed by atoms with E-state index in [9.17, 15) is 22.8 Å². The van der Waals surface area contributed by atoms with Crippen molar-refractivity contribution in [1.29, 1.82) is 0 Å². The monoisotopic (exact) mass is 486 g/mol. The number of nitrogens with zero attached hydrogens (tertiary/aromatic N) is 2. The summed E-state index contributed by atoms with van der Waals surface area (Å²) >= 11 is 0. The number of amides is 2. The van der Waals surface area contributed by atoms with Gasteiger partial charge in [0.25, 0.3) is 0 Å². The normalized spacial score (nSPS) is 14.8. The zero-order valence-corrected chi connectivity index (χ0v) is 18.6. The molecule has 0 aromatic heterocycles. The van der Waals surface area contributed by atoms with E-state index in [1.165, 1.54) is 9.91 Å². The Morgan fingerprint density at radius 2 is 1.73 bits per heavy atom. The van der Waals surface area contributed by atoms with Crippen molar-refractivity contribution in [2.45, 2.75) is 25.5 Å². The van der Waals surface area contributed by atoms with Gasteiger partial charge in [-0.05, 0) is 23.6 Å². The smallest absolute Gasteiger partial charge is 0.410 e. The lowest BCUT2D eigenvalue weighted by atomic mass is 10.0. The average molecular weight is 487 g/mol. The first kappa shape index (κ1) is 26.4. The molecule has 3 rings (SSSR count). The molecule has 0 unspecified atom stereocenters. The molecule has 1 heterocycles. The van der Waals surface area contributed by atoms with Gasteiger partial charge in [0.1, 0.15) is 12.4 Å². The van der Waals surface area contributed by atoms with Crippen LogP contribution in [0, 0.1) is 17.5 Å². The van der Waals surface area contributed by atoms with Crippen molar-refractivity contribution in [3.8, 4) is 0 Å². The number of rotatable bonds is 6. The molecular weight excluding hydrogens is 461 g/mol. The fourth-order valence-corrected chi connectivity index (χ4v) is 3.35. The number of carbonyl (C=O) groups is 2. The van der Waals surface area contributed by atoms with Crippen LogP contribution in [0.5, 0.6) is 0 Å². The summed E-state index contributed by atoms with van der Waals surface area (Å²) in [5.41, 5.74) is 9.64. The first-order chi connectivity index (χ1) is 15.3. The van der Waals surface area contributed by atoms with Crippen LogP contribution in [0.4, 0.5) is 18.0 Å². The molecule has 1 saturated heterocycles. The average Bonchev–Trinajstić information content (AvgIpc) is 3.03. The molecule has 1 aliphatic heterocycles. The third kappa shape index (κ3) is 7.62. The Morgan fingerprint density at radius 1 is 1.03 bits per heavy atom. The molecule has 7 nitrogen and oxygen atoms in total. The molecule has 1 aliphatic rings. The minimum absolute atomic E-state index is 0. The van der Waals surface area contributed by atoms with Crippen LogP contribution in [0.25, 0.3) is 0 Å². The second-order valence-corrected chi connectivity index (χ2v) is 7.51. The molecule has 0 saturated carbocycles. The number of hydrogen-bond acceptors (Lipinski definition) is 5. The molecule has 0 aliphatic carbocycles. The van der Waals surface area contributed by atoms with Crippen molar-refractivity contribution in [1.82, 2.24) is 15.3 Å². The number of nitrogens with two attached hydrogens (primary N) is 1. The van der Waals surface area contributed by atoms with Crippen molar-refractivity contribution >= 4 is 24.4 Å². The van der Waals surface area contributed by atoms with Crippen molar-refractivity contribution < 1.29 is 27.5 Å². The van der Waals surface area contributed by atoms with Crippen LogP contribution in [0.2, 0.25) is 0 Å². The van der Waals surface area contributed by atoms with Crippen LogP contribution in [0.3, 0.4) is 0 Å². The Kier molecular flexibility index (Phi) is 9.95. The standard InChI is InChI=1S/C22H25F3N4O3.ClH/c23-18-13-20(25)19(24)11-16(18)10-17(26)12-21(30)29-9-8-28(7-6-27-29)22(31)32-14-15-4-2-1-3-5-15;/h1-5,11,13,17,27H,6-10,12,14,26H2;1H/t17-;/m1./s1. The number of ether oxygens (including phenoxy) is 1. The molecule has 0 bridgehead atoms. The third-order valence-electron chi connectivity index (χ3n) is 5.05. The van der Waals surface area contributed by atoms with Gasteiger partial charge in [-0.25, -0.2) is 23.4 Å². The maximum absolute atomic E-state index is 13.8. The first-order valence-corrected chi connectivity index (χ1v) is 10.2. The fraction of sp³-hybridized carbons (Fsp3) is 0.364. The van der Waals surface area contributed by atoms with E-state index < -0.39 is 29.6 Å². The Morgan fingerprint density at radius 3 is 2.45 bits per heavy atom. The van der Waals surface area contributed by atoms with Gasteiger partial charge in [-0.1, -0.05) is 30.3 Å². The molecular formula is C22H26ClF3N4O3. The highest BCUT2D eigenvalue weighted by molar-refractivity contribution is 5.85. The molecule has 180 valence electrons. The quantitative estimate of drug-likeness (QED) is 0.613. The highest BCUT2D eigenvalue weighted by Gasteiger charge is 2.24. The lowest BCUT2D eigenvalue weighted by Crippen LogP contribution is -2.46. The summed E-state index contributed by atoms with van der Waals surface area (Å²) < 4.78 is 45.5. The molecule has 2 aromatic rings. The summed E-state index contributed by atoms with van der Waals surface area (Å²) in [6, 6.07) is 9.71. The van der Waals surface area contributed by atoms with Gasteiger partial charge < -0.3 is 15.4 Å². The van der Waals surface area contributed by atoms with Gasteiger partial charge in [0.05, 0.1) is 6.54 Å². The van der Waals surface area contributed by atoms with Gasteiger partial charge >= 0.3 is 6.09 Å².